The van der Waals surface area contributed by atoms with Crippen LogP contribution in [0.3, 0.4) is 0 Å². The van der Waals surface area contributed by atoms with Crippen molar-refractivity contribution in [3.8, 4) is 5.75 Å². The summed E-state index contributed by atoms with van der Waals surface area (Å²) in [5.74, 6) is 2.48. The number of ether oxygens (including phenoxy) is 1. The zero-order valence-electron chi connectivity index (χ0n) is 13.1. The first-order chi connectivity index (χ1) is 9.67. The van der Waals surface area contributed by atoms with Crippen molar-refractivity contribution in [2.45, 2.75) is 33.2 Å². The Bertz CT molecular complexity index is 416. The van der Waals surface area contributed by atoms with Crippen molar-refractivity contribution < 1.29 is 4.74 Å². The molecule has 0 saturated carbocycles. The highest BCUT2D eigenvalue weighted by atomic mass is 16.5. The van der Waals surface area contributed by atoms with Crippen LogP contribution in [-0.4, -0.2) is 26.7 Å². The quantitative estimate of drug-likeness (QED) is 0.458. The van der Waals surface area contributed by atoms with Crippen LogP contribution in [0.15, 0.2) is 29.3 Å². The molecule has 112 valence electrons. The summed E-state index contributed by atoms with van der Waals surface area (Å²) in [6, 6.07) is 8.01. The SMILES string of the molecule is CN=C(NCCCC(C)C)NCc1ccccc1OC. The number of nitrogens with zero attached hydrogens (tertiary/aromatic N) is 1. The minimum atomic E-state index is 0.702. The second kappa shape index (κ2) is 9.23. The zero-order valence-corrected chi connectivity index (χ0v) is 13.1. The summed E-state index contributed by atoms with van der Waals surface area (Å²) in [6.07, 6.45) is 2.39. The van der Waals surface area contributed by atoms with Crippen LogP contribution in [0.25, 0.3) is 0 Å². The number of hydrogen-bond donors (Lipinski definition) is 2. The van der Waals surface area contributed by atoms with Gasteiger partial charge in [0.15, 0.2) is 5.96 Å². The third-order valence-electron chi connectivity index (χ3n) is 3.11. The zero-order chi connectivity index (χ0) is 14.8. The number of benzene rings is 1. The largest absolute Gasteiger partial charge is 0.496 e. The Kier molecular flexibility index (Phi) is 7.55. The van der Waals surface area contributed by atoms with E-state index in [0.29, 0.717) is 6.54 Å². The molecule has 0 bridgehead atoms. The third-order valence-corrected chi connectivity index (χ3v) is 3.11. The van der Waals surface area contributed by atoms with Gasteiger partial charge >= 0.3 is 0 Å². The van der Waals surface area contributed by atoms with Gasteiger partial charge in [-0.15, -0.1) is 0 Å². The Morgan fingerprint density at radius 1 is 1.25 bits per heavy atom. The first kappa shape index (κ1) is 16.3. The highest BCUT2D eigenvalue weighted by Gasteiger charge is 2.03. The van der Waals surface area contributed by atoms with Gasteiger partial charge in [-0.1, -0.05) is 32.0 Å². The van der Waals surface area contributed by atoms with Crippen molar-refractivity contribution in [3.05, 3.63) is 29.8 Å². The monoisotopic (exact) mass is 277 g/mol. The van der Waals surface area contributed by atoms with E-state index in [2.05, 4.69) is 35.5 Å². The van der Waals surface area contributed by atoms with E-state index in [0.717, 1.165) is 36.2 Å². The van der Waals surface area contributed by atoms with E-state index in [1.165, 1.54) is 6.42 Å². The number of guanidine groups is 1. The van der Waals surface area contributed by atoms with E-state index >= 15 is 0 Å². The smallest absolute Gasteiger partial charge is 0.191 e. The molecule has 20 heavy (non-hydrogen) atoms. The van der Waals surface area contributed by atoms with E-state index in [-0.39, 0.29) is 0 Å². The van der Waals surface area contributed by atoms with Crippen molar-refractivity contribution >= 4 is 5.96 Å². The van der Waals surface area contributed by atoms with Gasteiger partial charge in [-0.05, 0) is 24.8 Å². The first-order valence-electron chi connectivity index (χ1n) is 7.23. The number of para-hydroxylation sites is 1. The van der Waals surface area contributed by atoms with Crippen LogP contribution in [0.4, 0.5) is 0 Å². The fraction of sp³-hybridized carbons (Fsp3) is 0.562. The maximum absolute atomic E-state index is 5.34. The molecular weight excluding hydrogens is 250 g/mol. The van der Waals surface area contributed by atoms with Crippen molar-refractivity contribution in [1.82, 2.24) is 10.6 Å². The number of aliphatic imine (C=N–C) groups is 1. The highest BCUT2D eigenvalue weighted by Crippen LogP contribution is 2.16. The maximum atomic E-state index is 5.34. The molecule has 0 aromatic heterocycles. The van der Waals surface area contributed by atoms with Crippen LogP contribution in [0.1, 0.15) is 32.3 Å². The van der Waals surface area contributed by atoms with Crippen molar-refractivity contribution in [3.63, 3.8) is 0 Å². The molecule has 4 nitrogen and oxygen atoms in total. The molecule has 1 aromatic carbocycles. The average Bonchev–Trinajstić information content (AvgIpc) is 2.46. The molecule has 0 atom stereocenters. The summed E-state index contributed by atoms with van der Waals surface area (Å²) in [5.41, 5.74) is 1.13. The summed E-state index contributed by atoms with van der Waals surface area (Å²) < 4.78 is 5.34. The predicted molar refractivity (Wildman–Crippen MR) is 85.3 cm³/mol. The Morgan fingerprint density at radius 2 is 2.00 bits per heavy atom. The normalized spacial score (nSPS) is 11.6. The highest BCUT2D eigenvalue weighted by molar-refractivity contribution is 5.79. The molecule has 0 radical (unpaired) electrons. The third kappa shape index (κ3) is 5.95. The lowest BCUT2D eigenvalue weighted by Gasteiger charge is -2.14. The van der Waals surface area contributed by atoms with Gasteiger partial charge in [0.1, 0.15) is 5.75 Å². The topological polar surface area (TPSA) is 45.7 Å². The number of methoxy groups -OCH3 is 1. The molecule has 0 amide bonds. The summed E-state index contributed by atoms with van der Waals surface area (Å²) in [4.78, 5) is 4.23. The minimum Gasteiger partial charge on any atom is -0.496 e. The Hall–Kier alpha value is -1.71. The molecule has 0 fully saturated rings. The molecule has 0 aliphatic carbocycles. The maximum Gasteiger partial charge on any atom is 0.191 e. The molecule has 0 saturated heterocycles. The molecule has 2 N–H and O–H groups in total. The lowest BCUT2D eigenvalue weighted by molar-refractivity contribution is 0.409. The van der Waals surface area contributed by atoms with Gasteiger partial charge < -0.3 is 15.4 Å². The summed E-state index contributed by atoms with van der Waals surface area (Å²) in [5, 5.41) is 6.64. The molecule has 1 aromatic rings. The summed E-state index contributed by atoms with van der Waals surface area (Å²) in [6.45, 7) is 6.14. The van der Waals surface area contributed by atoms with Crippen LogP contribution < -0.4 is 15.4 Å². The summed E-state index contributed by atoms with van der Waals surface area (Å²) >= 11 is 0. The van der Waals surface area contributed by atoms with Crippen LogP contribution in [0, 0.1) is 5.92 Å². The van der Waals surface area contributed by atoms with Gasteiger partial charge in [-0.2, -0.15) is 0 Å². The van der Waals surface area contributed by atoms with E-state index in [4.69, 9.17) is 4.74 Å². The van der Waals surface area contributed by atoms with E-state index in [9.17, 15) is 0 Å². The van der Waals surface area contributed by atoms with Gasteiger partial charge in [0.25, 0.3) is 0 Å². The minimum absolute atomic E-state index is 0.702. The molecule has 0 aliphatic heterocycles. The Labute approximate surface area is 122 Å². The second-order valence-corrected chi connectivity index (χ2v) is 5.20. The average molecular weight is 277 g/mol. The van der Waals surface area contributed by atoms with Gasteiger partial charge in [0.2, 0.25) is 0 Å². The van der Waals surface area contributed by atoms with Crippen molar-refractivity contribution in [1.29, 1.82) is 0 Å². The fourth-order valence-electron chi connectivity index (χ4n) is 1.97. The molecule has 0 unspecified atom stereocenters. The van der Waals surface area contributed by atoms with Crippen LogP contribution in [0.2, 0.25) is 0 Å². The van der Waals surface area contributed by atoms with Crippen LogP contribution in [0.5, 0.6) is 5.75 Å². The number of hydrogen-bond acceptors (Lipinski definition) is 2. The Balaban J connectivity index is 2.38. The number of nitrogens with one attached hydrogen (secondary N) is 2. The second-order valence-electron chi connectivity index (χ2n) is 5.20. The molecule has 0 aliphatic rings. The molecular formula is C16H27N3O. The van der Waals surface area contributed by atoms with Gasteiger partial charge in [0, 0.05) is 25.7 Å². The van der Waals surface area contributed by atoms with Crippen molar-refractivity contribution in [2.24, 2.45) is 10.9 Å². The lowest BCUT2D eigenvalue weighted by Crippen LogP contribution is -2.37. The van der Waals surface area contributed by atoms with Gasteiger partial charge in [0.05, 0.1) is 7.11 Å². The Morgan fingerprint density at radius 3 is 2.65 bits per heavy atom. The molecule has 0 spiro atoms. The van der Waals surface area contributed by atoms with E-state index in [1.54, 1.807) is 14.2 Å². The lowest BCUT2D eigenvalue weighted by atomic mass is 10.1. The predicted octanol–water partition coefficient (Wildman–Crippen LogP) is 2.80. The van der Waals surface area contributed by atoms with Gasteiger partial charge in [-0.3, -0.25) is 4.99 Å². The molecule has 1 rings (SSSR count). The van der Waals surface area contributed by atoms with Crippen LogP contribution in [-0.2, 0) is 6.54 Å². The van der Waals surface area contributed by atoms with Gasteiger partial charge in [-0.25, -0.2) is 0 Å². The number of rotatable bonds is 7. The first-order valence-corrected chi connectivity index (χ1v) is 7.23. The standard InChI is InChI=1S/C16H27N3O/c1-13(2)8-7-11-18-16(17-3)19-12-14-9-5-6-10-15(14)20-4/h5-6,9-10,13H,7-8,11-12H2,1-4H3,(H2,17,18,19). The molecule has 4 heteroatoms. The van der Waals surface area contributed by atoms with E-state index < -0.39 is 0 Å². The molecule has 0 heterocycles. The van der Waals surface area contributed by atoms with E-state index in [1.807, 2.05) is 18.2 Å². The summed E-state index contributed by atoms with van der Waals surface area (Å²) in [7, 11) is 3.48. The fourth-order valence-corrected chi connectivity index (χ4v) is 1.97. The van der Waals surface area contributed by atoms with Crippen LogP contribution >= 0.6 is 0 Å². The van der Waals surface area contributed by atoms with Crippen molar-refractivity contribution in [2.75, 3.05) is 20.7 Å².